The van der Waals surface area contributed by atoms with Crippen LogP contribution in [0.3, 0.4) is 0 Å². The lowest BCUT2D eigenvalue weighted by Crippen LogP contribution is -2.60. The molecule has 0 saturated heterocycles. The van der Waals surface area contributed by atoms with Gasteiger partial charge in [0.15, 0.2) is 0 Å². The second-order valence-corrected chi connectivity index (χ2v) is 21.0. The normalized spacial score (nSPS) is 13.9. The van der Waals surface area contributed by atoms with Crippen molar-refractivity contribution in [3.63, 3.8) is 0 Å². The summed E-state index contributed by atoms with van der Waals surface area (Å²) in [6, 6.07) is 53.8. The van der Waals surface area contributed by atoms with E-state index in [-0.39, 0.29) is 17.7 Å². The molecule has 0 spiro atoms. The van der Waals surface area contributed by atoms with Crippen LogP contribution in [0.4, 0.5) is 11.4 Å². The van der Waals surface area contributed by atoms with Gasteiger partial charge in [0.05, 0.1) is 15.7 Å². The summed E-state index contributed by atoms with van der Waals surface area (Å²) in [5.74, 6) is 0. The Balaban J connectivity index is 1.28. The van der Waals surface area contributed by atoms with Gasteiger partial charge in [-0.3, -0.25) is 0 Å². The van der Waals surface area contributed by atoms with Crippen molar-refractivity contribution in [2.24, 2.45) is 0 Å². The highest BCUT2D eigenvalue weighted by Crippen LogP contribution is 2.54. The van der Waals surface area contributed by atoms with Crippen molar-refractivity contribution in [2.45, 2.75) is 52.4 Å². The van der Waals surface area contributed by atoms with Gasteiger partial charge in [0, 0.05) is 69.0 Å². The standard InChI is InChI=1S/C54H41BN2S2/c1-53(2,3)31-22-24-41-38(27-31)39-28-32(54(4,5)6)29-40-50(39)56(41)44-26-30-14-7-8-15-33(30)47-48-42(25-23-37-35-17-10-12-21-46(35)59-52(37)48)57(55(40)49(44)47)43-19-13-18-36-34-16-9-11-20-45(34)58-51(36)43/h7-29H,1-6H3. The van der Waals surface area contributed by atoms with E-state index < -0.39 is 0 Å². The van der Waals surface area contributed by atoms with Crippen LogP contribution in [-0.4, -0.2) is 11.4 Å². The average Bonchev–Trinajstić information content (AvgIpc) is 3.91. The fourth-order valence-corrected chi connectivity index (χ4v) is 13.1. The molecule has 0 saturated carbocycles. The fourth-order valence-electron chi connectivity index (χ4n) is 10.6. The van der Waals surface area contributed by atoms with Gasteiger partial charge in [0.2, 0.25) is 0 Å². The summed E-state index contributed by atoms with van der Waals surface area (Å²) in [6.07, 6.45) is 0. The molecule has 0 radical (unpaired) electrons. The Morgan fingerprint density at radius 3 is 1.85 bits per heavy atom. The molecule has 2 aliphatic heterocycles. The summed E-state index contributed by atoms with van der Waals surface area (Å²) in [5, 5.41) is 10.6. The van der Waals surface area contributed by atoms with E-state index in [1.165, 1.54) is 123 Å². The van der Waals surface area contributed by atoms with Crippen LogP contribution in [0.15, 0.2) is 140 Å². The van der Waals surface area contributed by atoms with Crippen molar-refractivity contribution in [3.8, 4) is 16.8 Å². The number of fused-ring (bicyclic) bond motifs is 16. The highest BCUT2D eigenvalue weighted by atomic mass is 32.1. The first kappa shape index (κ1) is 34.0. The van der Waals surface area contributed by atoms with E-state index in [1.54, 1.807) is 0 Å². The maximum atomic E-state index is 2.76. The van der Waals surface area contributed by atoms with Gasteiger partial charge in [0.1, 0.15) is 0 Å². The van der Waals surface area contributed by atoms with Crippen molar-refractivity contribution in [2.75, 3.05) is 4.81 Å². The molecule has 5 heteroatoms. The summed E-state index contributed by atoms with van der Waals surface area (Å²) in [4.78, 5) is 2.76. The summed E-state index contributed by atoms with van der Waals surface area (Å²) in [6.45, 7) is 14.1. The molecule has 3 aromatic heterocycles. The van der Waals surface area contributed by atoms with Crippen LogP contribution in [-0.2, 0) is 10.8 Å². The predicted octanol–water partition coefficient (Wildman–Crippen LogP) is 14.5. The Kier molecular flexibility index (Phi) is 6.60. The lowest BCUT2D eigenvalue weighted by molar-refractivity contribution is 0.590. The summed E-state index contributed by atoms with van der Waals surface area (Å²) in [7, 11) is 0. The topological polar surface area (TPSA) is 8.17 Å². The van der Waals surface area contributed by atoms with Crippen molar-refractivity contribution in [3.05, 3.63) is 151 Å². The van der Waals surface area contributed by atoms with Crippen LogP contribution in [0.5, 0.6) is 0 Å². The Morgan fingerprint density at radius 2 is 1.10 bits per heavy atom. The van der Waals surface area contributed by atoms with Crippen LogP contribution in [0.1, 0.15) is 52.7 Å². The molecule has 0 fully saturated rings. The molecule has 0 aliphatic carbocycles. The molecular formula is C54H41BN2S2. The van der Waals surface area contributed by atoms with E-state index >= 15 is 0 Å². The molecular weight excluding hydrogens is 752 g/mol. The molecule has 5 heterocycles. The third-order valence-electron chi connectivity index (χ3n) is 13.4. The average molecular weight is 793 g/mol. The van der Waals surface area contributed by atoms with Gasteiger partial charge in [-0.1, -0.05) is 133 Å². The molecule has 282 valence electrons. The van der Waals surface area contributed by atoms with Gasteiger partial charge >= 0.3 is 6.85 Å². The van der Waals surface area contributed by atoms with Gasteiger partial charge in [-0.05, 0) is 97.7 Å². The first-order valence-electron chi connectivity index (χ1n) is 20.9. The molecule has 2 aliphatic rings. The van der Waals surface area contributed by atoms with Crippen LogP contribution >= 0.6 is 22.7 Å². The lowest BCUT2D eigenvalue weighted by atomic mass is 9.43. The van der Waals surface area contributed by atoms with E-state index in [2.05, 4.69) is 190 Å². The quantitative estimate of drug-likeness (QED) is 0.150. The van der Waals surface area contributed by atoms with E-state index in [1.807, 2.05) is 22.7 Å². The summed E-state index contributed by atoms with van der Waals surface area (Å²) in [5.41, 5.74) is 14.7. The summed E-state index contributed by atoms with van der Waals surface area (Å²) < 4.78 is 8.01. The molecule has 11 aromatic rings. The van der Waals surface area contributed by atoms with Gasteiger partial charge in [-0.2, -0.15) is 0 Å². The van der Waals surface area contributed by atoms with Crippen molar-refractivity contribution in [1.29, 1.82) is 0 Å². The number of hydrogen-bond donors (Lipinski definition) is 0. The molecule has 0 atom stereocenters. The number of aromatic nitrogens is 1. The minimum atomic E-state index is -0.0663. The molecule has 0 N–H and O–H groups in total. The Morgan fingerprint density at radius 1 is 0.458 bits per heavy atom. The van der Waals surface area contributed by atoms with Crippen LogP contribution in [0, 0.1) is 0 Å². The van der Waals surface area contributed by atoms with Crippen LogP contribution in [0.2, 0.25) is 0 Å². The van der Waals surface area contributed by atoms with E-state index in [0.717, 1.165) is 0 Å². The Hall–Kier alpha value is -5.88. The number of thiophene rings is 2. The molecule has 13 rings (SSSR count). The van der Waals surface area contributed by atoms with Gasteiger partial charge < -0.3 is 9.38 Å². The monoisotopic (exact) mass is 792 g/mol. The van der Waals surface area contributed by atoms with Crippen molar-refractivity contribution < 1.29 is 0 Å². The zero-order valence-corrected chi connectivity index (χ0v) is 35.7. The summed E-state index contributed by atoms with van der Waals surface area (Å²) >= 11 is 3.88. The minimum Gasteiger partial charge on any atom is -0.375 e. The SMILES string of the molecule is CC(C)(C)c1ccc2c(c1)c1cc(C(C)(C)C)cc3c1n2-c1cc2ccccc2c2c1B3N(c1cccc3c1sc1ccccc13)c1ccc3c(sc4ccccc43)c1-2. The highest BCUT2D eigenvalue weighted by molar-refractivity contribution is 7.27. The maximum Gasteiger partial charge on any atom is 0.333 e. The number of hydrogen-bond acceptors (Lipinski definition) is 3. The molecule has 8 aromatic carbocycles. The molecule has 0 unspecified atom stereocenters. The van der Waals surface area contributed by atoms with Gasteiger partial charge in [-0.15, -0.1) is 22.7 Å². The number of anilines is 2. The number of benzene rings is 8. The lowest BCUT2D eigenvalue weighted by Gasteiger charge is -2.43. The highest BCUT2D eigenvalue weighted by Gasteiger charge is 2.46. The molecule has 0 bridgehead atoms. The Bertz CT molecular complexity index is 3660. The molecule has 2 nitrogen and oxygen atoms in total. The second kappa shape index (κ2) is 11.4. The van der Waals surface area contributed by atoms with E-state index in [0.29, 0.717) is 0 Å². The number of rotatable bonds is 1. The number of nitrogens with zero attached hydrogens (tertiary/aromatic N) is 2. The van der Waals surface area contributed by atoms with Gasteiger partial charge in [0.25, 0.3) is 0 Å². The maximum absolute atomic E-state index is 2.76. The largest absolute Gasteiger partial charge is 0.375 e. The van der Waals surface area contributed by atoms with E-state index in [4.69, 9.17) is 0 Å². The second-order valence-electron chi connectivity index (χ2n) is 18.9. The predicted molar refractivity (Wildman–Crippen MR) is 261 cm³/mol. The third kappa shape index (κ3) is 4.47. The van der Waals surface area contributed by atoms with Gasteiger partial charge in [-0.25, -0.2) is 0 Å². The zero-order valence-electron chi connectivity index (χ0n) is 34.1. The van der Waals surface area contributed by atoms with Crippen molar-refractivity contribution >= 4 is 125 Å². The Labute approximate surface area is 352 Å². The van der Waals surface area contributed by atoms with Crippen molar-refractivity contribution in [1.82, 2.24) is 4.57 Å². The molecule has 59 heavy (non-hydrogen) atoms. The first-order valence-corrected chi connectivity index (χ1v) is 22.5. The smallest absolute Gasteiger partial charge is 0.333 e. The molecule has 0 amide bonds. The van der Waals surface area contributed by atoms with Crippen LogP contribution in [0.25, 0.3) is 89.7 Å². The minimum absolute atomic E-state index is 0.0248. The zero-order chi connectivity index (χ0) is 39.7. The van der Waals surface area contributed by atoms with E-state index in [9.17, 15) is 0 Å². The fraction of sp³-hybridized carbons (Fsp3) is 0.148. The first-order chi connectivity index (χ1) is 28.5. The van der Waals surface area contributed by atoms with Crippen LogP contribution < -0.4 is 15.7 Å². The third-order valence-corrected chi connectivity index (χ3v) is 15.8.